The maximum atomic E-state index is 12.7. The van der Waals surface area contributed by atoms with Crippen LogP contribution in [0.3, 0.4) is 0 Å². The monoisotopic (exact) mass is 396 g/mol. The molecule has 0 spiro atoms. The number of sulfonamides is 1. The molecule has 3 aromatic rings. The Labute approximate surface area is 163 Å². The van der Waals surface area contributed by atoms with Crippen molar-refractivity contribution in [2.24, 2.45) is 0 Å². The van der Waals surface area contributed by atoms with Gasteiger partial charge in [-0.05, 0) is 43.2 Å². The van der Waals surface area contributed by atoms with Gasteiger partial charge in [0.05, 0.1) is 22.3 Å². The van der Waals surface area contributed by atoms with Crippen LogP contribution in [0.2, 0.25) is 0 Å². The molecule has 2 heterocycles. The minimum absolute atomic E-state index is 0.187. The molecular weight excluding hydrogens is 376 g/mol. The van der Waals surface area contributed by atoms with Gasteiger partial charge in [-0.25, -0.2) is 13.1 Å². The molecule has 1 aliphatic rings. The average Bonchev–Trinajstić information content (AvgIpc) is 3.41. The van der Waals surface area contributed by atoms with E-state index in [1.165, 1.54) is 16.6 Å². The van der Waals surface area contributed by atoms with Crippen LogP contribution in [-0.2, 0) is 10.0 Å². The van der Waals surface area contributed by atoms with E-state index in [0.717, 1.165) is 18.5 Å². The summed E-state index contributed by atoms with van der Waals surface area (Å²) in [6.07, 6.45) is 4.87. The first-order chi connectivity index (χ1) is 13.5. The van der Waals surface area contributed by atoms with Gasteiger partial charge in [0.2, 0.25) is 10.0 Å². The number of amides is 1. The fourth-order valence-electron chi connectivity index (χ4n) is 3.18. The molecule has 0 atom stereocenters. The zero-order valence-electron chi connectivity index (χ0n) is 15.2. The lowest BCUT2D eigenvalue weighted by Gasteiger charge is -2.16. The molecule has 0 bridgehead atoms. The third-order valence-electron chi connectivity index (χ3n) is 4.66. The summed E-state index contributed by atoms with van der Waals surface area (Å²) < 4.78 is 28.5. The van der Waals surface area contributed by atoms with Gasteiger partial charge in [-0.3, -0.25) is 4.79 Å². The molecule has 0 aliphatic carbocycles. The number of anilines is 1. The summed E-state index contributed by atoms with van der Waals surface area (Å²) in [5, 5.41) is 6.96. The number of carbonyl (C=O) groups is 1. The number of para-hydroxylation sites is 1. The van der Waals surface area contributed by atoms with E-state index in [4.69, 9.17) is 0 Å². The summed E-state index contributed by atoms with van der Waals surface area (Å²) in [6.45, 7) is 1.08. The van der Waals surface area contributed by atoms with Crippen LogP contribution in [0, 0.1) is 0 Å². The third kappa shape index (κ3) is 3.69. The van der Waals surface area contributed by atoms with Crippen molar-refractivity contribution in [1.82, 2.24) is 14.1 Å². The summed E-state index contributed by atoms with van der Waals surface area (Å²) in [4.78, 5) is 12.7. The van der Waals surface area contributed by atoms with Crippen molar-refractivity contribution in [2.75, 3.05) is 18.4 Å². The van der Waals surface area contributed by atoms with E-state index in [-0.39, 0.29) is 10.8 Å². The van der Waals surface area contributed by atoms with Crippen LogP contribution >= 0.6 is 0 Å². The van der Waals surface area contributed by atoms with Crippen molar-refractivity contribution < 1.29 is 13.2 Å². The third-order valence-corrected chi connectivity index (χ3v) is 6.55. The summed E-state index contributed by atoms with van der Waals surface area (Å²) in [6, 6.07) is 15.8. The molecule has 1 fully saturated rings. The first kappa shape index (κ1) is 18.4. The quantitative estimate of drug-likeness (QED) is 0.719. The highest BCUT2D eigenvalue weighted by Crippen LogP contribution is 2.23. The van der Waals surface area contributed by atoms with E-state index in [2.05, 4.69) is 10.4 Å². The Morgan fingerprint density at radius 1 is 1.00 bits per heavy atom. The smallest absolute Gasteiger partial charge is 0.258 e. The van der Waals surface area contributed by atoms with E-state index < -0.39 is 10.0 Å². The number of rotatable bonds is 5. The van der Waals surface area contributed by atoms with Crippen molar-refractivity contribution in [2.45, 2.75) is 17.7 Å². The van der Waals surface area contributed by atoms with Crippen LogP contribution in [0.4, 0.5) is 5.69 Å². The van der Waals surface area contributed by atoms with Gasteiger partial charge in [0, 0.05) is 25.0 Å². The molecule has 1 saturated heterocycles. The van der Waals surface area contributed by atoms with Crippen LogP contribution in [-0.4, -0.2) is 41.5 Å². The van der Waals surface area contributed by atoms with Gasteiger partial charge in [-0.1, -0.05) is 24.3 Å². The maximum Gasteiger partial charge on any atom is 0.258 e. The molecule has 2 aromatic carbocycles. The second-order valence-corrected chi connectivity index (χ2v) is 8.54. The minimum atomic E-state index is -3.53. The van der Waals surface area contributed by atoms with Crippen LogP contribution in [0.1, 0.15) is 23.2 Å². The van der Waals surface area contributed by atoms with E-state index in [1.54, 1.807) is 29.1 Å². The molecule has 0 saturated carbocycles. The number of hydrogen-bond acceptors (Lipinski definition) is 4. The normalized spacial score (nSPS) is 14.9. The molecule has 28 heavy (non-hydrogen) atoms. The van der Waals surface area contributed by atoms with Gasteiger partial charge in [-0.2, -0.15) is 9.40 Å². The van der Waals surface area contributed by atoms with Crippen molar-refractivity contribution in [3.05, 3.63) is 72.6 Å². The number of hydrogen-bond donors (Lipinski definition) is 1. The SMILES string of the molecule is O=C(Nc1cccc(S(=O)(=O)N2CCCC2)c1)c1cnn(-c2ccccc2)c1. The fraction of sp³-hybridized carbons (Fsp3) is 0.200. The highest BCUT2D eigenvalue weighted by atomic mass is 32.2. The molecule has 144 valence electrons. The molecule has 1 amide bonds. The molecule has 8 heteroatoms. The molecule has 7 nitrogen and oxygen atoms in total. The predicted octanol–water partition coefficient (Wildman–Crippen LogP) is 2.91. The van der Waals surface area contributed by atoms with E-state index >= 15 is 0 Å². The summed E-state index contributed by atoms with van der Waals surface area (Å²) in [7, 11) is -3.53. The molecule has 4 rings (SSSR count). The van der Waals surface area contributed by atoms with Crippen LogP contribution in [0.25, 0.3) is 5.69 Å². The first-order valence-electron chi connectivity index (χ1n) is 9.06. The average molecular weight is 396 g/mol. The van der Waals surface area contributed by atoms with E-state index in [0.29, 0.717) is 24.3 Å². The zero-order valence-corrected chi connectivity index (χ0v) is 16.0. The van der Waals surface area contributed by atoms with Crippen molar-refractivity contribution >= 4 is 21.6 Å². The lowest BCUT2D eigenvalue weighted by molar-refractivity contribution is 0.102. The molecular formula is C20H20N4O3S. The van der Waals surface area contributed by atoms with Crippen LogP contribution in [0.15, 0.2) is 71.9 Å². The Balaban J connectivity index is 1.52. The van der Waals surface area contributed by atoms with Gasteiger partial charge < -0.3 is 5.32 Å². The highest BCUT2D eigenvalue weighted by Gasteiger charge is 2.27. The van der Waals surface area contributed by atoms with Gasteiger partial charge in [-0.15, -0.1) is 0 Å². The molecule has 0 radical (unpaired) electrons. The van der Waals surface area contributed by atoms with Crippen molar-refractivity contribution in [3.8, 4) is 5.69 Å². The maximum absolute atomic E-state index is 12.7. The Morgan fingerprint density at radius 2 is 1.75 bits per heavy atom. The first-order valence-corrected chi connectivity index (χ1v) is 10.5. The Hall–Kier alpha value is -2.97. The molecule has 0 unspecified atom stereocenters. The standard InChI is InChI=1S/C20H20N4O3S/c25-20(16-14-21-24(15-16)18-8-2-1-3-9-18)22-17-7-6-10-19(13-17)28(26,27)23-11-4-5-12-23/h1-3,6-10,13-15H,4-5,11-12H2,(H,22,25). The number of benzene rings is 2. The summed E-state index contributed by atoms with van der Waals surface area (Å²) in [5.41, 5.74) is 1.66. The van der Waals surface area contributed by atoms with Gasteiger partial charge in [0.15, 0.2) is 0 Å². The highest BCUT2D eigenvalue weighted by molar-refractivity contribution is 7.89. The Kier molecular flexibility index (Phi) is 4.97. The number of carbonyl (C=O) groups excluding carboxylic acids is 1. The number of nitrogens with one attached hydrogen (secondary N) is 1. The number of nitrogens with zero attached hydrogens (tertiary/aromatic N) is 3. The van der Waals surface area contributed by atoms with E-state index in [1.807, 2.05) is 30.3 Å². The largest absolute Gasteiger partial charge is 0.322 e. The van der Waals surface area contributed by atoms with Gasteiger partial charge in [0.25, 0.3) is 5.91 Å². The van der Waals surface area contributed by atoms with Crippen molar-refractivity contribution in [3.63, 3.8) is 0 Å². The van der Waals surface area contributed by atoms with E-state index in [9.17, 15) is 13.2 Å². The summed E-state index contributed by atoms with van der Waals surface area (Å²) >= 11 is 0. The Bertz CT molecular complexity index is 1090. The lowest BCUT2D eigenvalue weighted by Crippen LogP contribution is -2.27. The topological polar surface area (TPSA) is 84.3 Å². The zero-order chi connectivity index (χ0) is 19.6. The van der Waals surface area contributed by atoms with Crippen LogP contribution < -0.4 is 5.32 Å². The Morgan fingerprint density at radius 3 is 2.50 bits per heavy atom. The second-order valence-electron chi connectivity index (χ2n) is 6.60. The molecule has 1 N–H and O–H groups in total. The summed E-state index contributed by atoms with van der Waals surface area (Å²) in [5.74, 6) is -0.349. The number of aromatic nitrogens is 2. The second kappa shape index (κ2) is 7.57. The lowest BCUT2D eigenvalue weighted by atomic mass is 10.3. The minimum Gasteiger partial charge on any atom is -0.322 e. The van der Waals surface area contributed by atoms with Gasteiger partial charge >= 0.3 is 0 Å². The molecule has 1 aliphatic heterocycles. The predicted molar refractivity (Wildman–Crippen MR) is 106 cm³/mol. The van der Waals surface area contributed by atoms with Gasteiger partial charge in [0.1, 0.15) is 0 Å². The fourth-order valence-corrected chi connectivity index (χ4v) is 4.74. The van der Waals surface area contributed by atoms with Crippen LogP contribution in [0.5, 0.6) is 0 Å². The molecule has 1 aromatic heterocycles. The van der Waals surface area contributed by atoms with Crippen molar-refractivity contribution in [1.29, 1.82) is 0 Å².